The van der Waals surface area contributed by atoms with Crippen LogP contribution in [-0.4, -0.2) is 33.9 Å². The maximum atomic E-state index is 14.2. The summed E-state index contributed by atoms with van der Waals surface area (Å²) in [5.41, 5.74) is 5.75. The predicted octanol–water partition coefficient (Wildman–Crippen LogP) is 3.57. The number of thioether (sulfide) groups is 1. The van der Waals surface area contributed by atoms with Crippen LogP contribution in [0.25, 0.3) is 0 Å². The number of isocyanates is 1. The molecule has 1 aromatic heterocycles. The number of pyridine rings is 1. The Balaban J connectivity index is 2.16. The molecule has 0 bridgehead atoms. The minimum Gasteiger partial charge on any atom is -0.386 e. The lowest BCUT2D eigenvalue weighted by Gasteiger charge is -2.39. The number of aliphatic imine (C=N–C) groups is 2. The van der Waals surface area contributed by atoms with Gasteiger partial charge in [-0.2, -0.15) is 0 Å². The van der Waals surface area contributed by atoms with Crippen molar-refractivity contribution in [1.82, 2.24) is 4.98 Å². The van der Waals surface area contributed by atoms with Crippen molar-refractivity contribution in [2.75, 3.05) is 12.3 Å². The van der Waals surface area contributed by atoms with Gasteiger partial charge in [0.15, 0.2) is 0 Å². The van der Waals surface area contributed by atoms with Crippen LogP contribution < -0.4 is 5.73 Å². The van der Waals surface area contributed by atoms with E-state index in [0.717, 1.165) is 19.3 Å². The zero-order chi connectivity index (χ0) is 17.8. The Morgan fingerprint density at radius 1 is 1.46 bits per heavy atom. The molecule has 24 heavy (non-hydrogen) atoms. The highest BCUT2D eigenvalue weighted by molar-refractivity contribution is 9.10. The van der Waals surface area contributed by atoms with E-state index in [-0.39, 0.29) is 10.6 Å². The van der Waals surface area contributed by atoms with Crippen molar-refractivity contribution in [3.8, 4) is 0 Å². The standard InChI is InChI=1S/C16H20BrFN4OS/c1-15(13-11(18)5-6-12(17)21-13)9-24-16(2,14(19)22-15)7-3-4-8-20-10-23/h5-6H,3-4,7-9H2,1-2H3,(H2,19,22). The summed E-state index contributed by atoms with van der Waals surface area (Å²) in [4.78, 5) is 22.5. The molecule has 0 amide bonds. The lowest BCUT2D eigenvalue weighted by Crippen LogP contribution is -2.46. The van der Waals surface area contributed by atoms with E-state index in [1.54, 1.807) is 17.8 Å². The molecule has 2 rings (SSSR count). The zero-order valence-electron chi connectivity index (χ0n) is 13.7. The summed E-state index contributed by atoms with van der Waals surface area (Å²) in [5.74, 6) is 0.714. The summed E-state index contributed by atoms with van der Waals surface area (Å²) in [6, 6.07) is 2.95. The predicted molar refractivity (Wildman–Crippen MR) is 98.6 cm³/mol. The third-order valence-corrected chi connectivity index (χ3v) is 6.34. The molecule has 2 heterocycles. The second-order valence-electron chi connectivity index (χ2n) is 6.18. The summed E-state index contributed by atoms with van der Waals surface area (Å²) in [5, 5.41) is 0. The van der Waals surface area contributed by atoms with Gasteiger partial charge < -0.3 is 5.73 Å². The van der Waals surface area contributed by atoms with Gasteiger partial charge in [-0.1, -0.05) is 0 Å². The largest absolute Gasteiger partial charge is 0.386 e. The molecular weight excluding hydrogens is 395 g/mol. The molecule has 1 aromatic rings. The number of aromatic nitrogens is 1. The Morgan fingerprint density at radius 2 is 2.21 bits per heavy atom. The minimum atomic E-state index is -0.788. The number of amidine groups is 1. The van der Waals surface area contributed by atoms with Gasteiger partial charge in [-0.05, 0) is 61.2 Å². The number of unbranched alkanes of at least 4 members (excludes halogenated alkanes) is 1. The van der Waals surface area contributed by atoms with E-state index < -0.39 is 5.54 Å². The Labute approximate surface area is 153 Å². The maximum Gasteiger partial charge on any atom is 0.234 e. The zero-order valence-corrected chi connectivity index (χ0v) is 16.1. The van der Waals surface area contributed by atoms with Gasteiger partial charge in [0.05, 0.1) is 11.3 Å². The Bertz CT molecular complexity index is 695. The Morgan fingerprint density at radius 3 is 2.88 bits per heavy atom. The fourth-order valence-electron chi connectivity index (χ4n) is 2.61. The van der Waals surface area contributed by atoms with Gasteiger partial charge in [-0.3, -0.25) is 4.99 Å². The first-order valence-corrected chi connectivity index (χ1v) is 9.44. The summed E-state index contributed by atoms with van der Waals surface area (Å²) < 4.78 is 14.5. The summed E-state index contributed by atoms with van der Waals surface area (Å²) in [7, 11) is 0. The van der Waals surface area contributed by atoms with Gasteiger partial charge in [-0.25, -0.2) is 19.2 Å². The quantitative estimate of drug-likeness (QED) is 0.333. The van der Waals surface area contributed by atoms with Crippen LogP contribution in [0.15, 0.2) is 26.7 Å². The number of hydrogen-bond donors (Lipinski definition) is 1. The highest BCUT2D eigenvalue weighted by Gasteiger charge is 2.42. The van der Waals surface area contributed by atoms with Crippen LogP contribution in [0.2, 0.25) is 0 Å². The number of carbonyl (C=O) groups excluding carboxylic acids is 1. The SMILES string of the molecule is CC1(CCCCN=C=O)SCC(C)(c2nc(Br)ccc2F)N=C1N. The highest BCUT2D eigenvalue weighted by atomic mass is 79.9. The lowest BCUT2D eigenvalue weighted by atomic mass is 9.96. The number of nitrogens with two attached hydrogens (primary N) is 1. The molecule has 5 nitrogen and oxygen atoms in total. The van der Waals surface area contributed by atoms with Crippen molar-refractivity contribution < 1.29 is 9.18 Å². The van der Waals surface area contributed by atoms with Gasteiger partial charge in [0.25, 0.3) is 0 Å². The minimum absolute atomic E-state index is 0.299. The summed E-state index contributed by atoms with van der Waals surface area (Å²) in [6.07, 6.45) is 4.05. The molecule has 0 fully saturated rings. The number of nitrogens with zero attached hydrogens (tertiary/aromatic N) is 3. The fourth-order valence-corrected chi connectivity index (χ4v) is 4.20. The monoisotopic (exact) mass is 414 g/mol. The molecule has 0 saturated heterocycles. The van der Waals surface area contributed by atoms with Crippen molar-refractivity contribution in [3.05, 3.63) is 28.2 Å². The Kier molecular flexibility index (Phi) is 6.17. The molecule has 0 aromatic carbocycles. The first kappa shape index (κ1) is 19.1. The molecule has 130 valence electrons. The fraction of sp³-hybridized carbons (Fsp3) is 0.562. The second-order valence-corrected chi connectivity index (χ2v) is 8.48. The molecule has 0 spiro atoms. The van der Waals surface area contributed by atoms with Crippen molar-refractivity contribution >= 4 is 39.6 Å². The van der Waals surface area contributed by atoms with E-state index in [9.17, 15) is 9.18 Å². The van der Waals surface area contributed by atoms with E-state index in [4.69, 9.17) is 5.73 Å². The smallest absolute Gasteiger partial charge is 0.234 e. The average molecular weight is 415 g/mol. The molecular formula is C16H20BrFN4OS. The number of rotatable bonds is 6. The maximum absolute atomic E-state index is 14.2. The first-order chi connectivity index (χ1) is 11.3. The van der Waals surface area contributed by atoms with Gasteiger partial charge in [0, 0.05) is 5.75 Å². The summed E-state index contributed by atoms with van der Waals surface area (Å²) in [6.45, 7) is 4.37. The topological polar surface area (TPSA) is 80.7 Å². The van der Waals surface area contributed by atoms with Crippen LogP contribution in [0, 0.1) is 5.82 Å². The molecule has 2 unspecified atom stereocenters. The van der Waals surface area contributed by atoms with Crippen LogP contribution in [0.4, 0.5) is 4.39 Å². The molecule has 0 aliphatic carbocycles. The van der Waals surface area contributed by atoms with E-state index in [0.29, 0.717) is 28.4 Å². The molecule has 0 saturated carbocycles. The first-order valence-electron chi connectivity index (χ1n) is 7.67. The van der Waals surface area contributed by atoms with Crippen LogP contribution >= 0.6 is 27.7 Å². The van der Waals surface area contributed by atoms with E-state index in [1.807, 2.05) is 13.8 Å². The van der Waals surface area contributed by atoms with Crippen molar-refractivity contribution in [2.24, 2.45) is 15.7 Å². The molecule has 1 aliphatic heterocycles. The van der Waals surface area contributed by atoms with Crippen LogP contribution in [-0.2, 0) is 10.3 Å². The Hall–Kier alpha value is -1.24. The van der Waals surface area contributed by atoms with Crippen molar-refractivity contribution in [1.29, 1.82) is 0 Å². The van der Waals surface area contributed by atoms with Crippen molar-refractivity contribution in [2.45, 2.75) is 43.4 Å². The van der Waals surface area contributed by atoms with Gasteiger partial charge in [0.2, 0.25) is 6.08 Å². The van der Waals surface area contributed by atoms with E-state index in [1.165, 1.54) is 12.1 Å². The lowest BCUT2D eigenvalue weighted by molar-refractivity contribution is 0.477. The molecule has 2 atom stereocenters. The van der Waals surface area contributed by atoms with Crippen molar-refractivity contribution in [3.63, 3.8) is 0 Å². The number of hydrogen-bond acceptors (Lipinski definition) is 6. The molecule has 2 N–H and O–H groups in total. The van der Waals surface area contributed by atoms with E-state index >= 15 is 0 Å². The van der Waals surface area contributed by atoms with Crippen LogP contribution in [0.3, 0.4) is 0 Å². The van der Waals surface area contributed by atoms with Gasteiger partial charge in [-0.15, -0.1) is 11.8 Å². The van der Waals surface area contributed by atoms with Gasteiger partial charge in [0.1, 0.15) is 27.5 Å². The molecule has 0 radical (unpaired) electrons. The summed E-state index contributed by atoms with van der Waals surface area (Å²) >= 11 is 4.95. The third-order valence-electron chi connectivity index (χ3n) is 4.14. The van der Waals surface area contributed by atoms with E-state index in [2.05, 4.69) is 30.9 Å². The second kappa shape index (κ2) is 7.76. The van der Waals surface area contributed by atoms with Gasteiger partial charge >= 0.3 is 0 Å². The number of halogens is 2. The molecule has 8 heteroatoms. The third kappa shape index (κ3) is 4.23. The van der Waals surface area contributed by atoms with Crippen LogP contribution in [0.1, 0.15) is 38.8 Å². The molecule has 1 aliphatic rings. The normalized spacial score (nSPS) is 26.6. The van der Waals surface area contributed by atoms with Crippen LogP contribution in [0.5, 0.6) is 0 Å². The average Bonchev–Trinajstić information content (AvgIpc) is 2.54. The highest BCUT2D eigenvalue weighted by Crippen LogP contribution is 2.43.